The first-order valence-electron chi connectivity index (χ1n) is 11.1. The number of carbonyl (C=O) groups excluding carboxylic acids is 4. The standard InChI is InChI=1S/C26H21NO6/c28-21(33-20-9-5-4-8-17(20)26(31)32-14-6-2-1-3-7-14)13-27-24(29)22-15-10-11-16(19-12-18(15)19)23(22)25(27)30/h1-11,15-16,18-19,22-23H,12-13H2/t15-,16-,18-,19+,22-,23+/m0/s1. The summed E-state index contributed by atoms with van der Waals surface area (Å²) in [6.07, 6.45) is 5.25. The van der Waals surface area contributed by atoms with E-state index in [9.17, 15) is 19.2 Å². The Balaban J connectivity index is 1.16. The van der Waals surface area contributed by atoms with Gasteiger partial charge in [0.2, 0.25) is 11.8 Å². The van der Waals surface area contributed by atoms with E-state index in [2.05, 4.69) is 12.2 Å². The molecule has 2 bridgehead atoms. The van der Waals surface area contributed by atoms with Crippen molar-refractivity contribution in [3.8, 4) is 11.5 Å². The lowest BCUT2D eigenvalue weighted by Crippen LogP contribution is -2.40. The minimum atomic E-state index is -0.777. The Morgan fingerprint density at radius 3 is 2.09 bits per heavy atom. The SMILES string of the molecule is O=C(CN1C(=O)[C@@H]2[C@H]3C=C[C@@H]([C@@H]4C[C@H]34)[C@@H]2C1=O)Oc1ccccc1C(=O)Oc1ccccc1. The fourth-order valence-electron chi connectivity index (χ4n) is 5.83. The summed E-state index contributed by atoms with van der Waals surface area (Å²) in [5.74, 6) is -1.21. The van der Waals surface area contributed by atoms with Crippen LogP contribution in [0.25, 0.3) is 0 Å². The van der Waals surface area contributed by atoms with Crippen LogP contribution in [0, 0.1) is 35.5 Å². The number of para-hydroxylation sites is 2. The van der Waals surface area contributed by atoms with Gasteiger partial charge in [0.1, 0.15) is 23.6 Å². The Bertz CT molecular complexity index is 1170. The number of esters is 2. The van der Waals surface area contributed by atoms with Gasteiger partial charge in [0.15, 0.2) is 0 Å². The Kier molecular flexibility index (Phi) is 4.47. The van der Waals surface area contributed by atoms with Crippen molar-refractivity contribution in [1.29, 1.82) is 0 Å². The molecule has 0 radical (unpaired) electrons. The van der Waals surface area contributed by atoms with Crippen molar-refractivity contribution < 1.29 is 28.7 Å². The van der Waals surface area contributed by atoms with Gasteiger partial charge in [0.05, 0.1) is 11.8 Å². The van der Waals surface area contributed by atoms with E-state index in [0.29, 0.717) is 17.6 Å². The molecule has 2 amide bonds. The summed E-state index contributed by atoms with van der Waals surface area (Å²) in [5.41, 5.74) is 0.0739. The Labute approximate surface area is 190 Å². The van der Waals surface area contributed by atoms with E-state index in [1.165, 1.54) is 12.1 Å². The lowest BCUT2D eigenvalue weighted by molar-refractivity contribution is -0.148. The van der Waals surface area contributed by atoms with Crippen LogP contribution in [-0.4, -0.2) is 35.2 Å². The van der Waals surface area contributed by atoms with Crippen LogP contribution in [0.3, 0.4) is 0 Å². The quantitative estimate of drug-likeness (QED) is 0.306. The van der Waals surface area contributed by atoms with Crippen molar-refractivity contribution in [3.63, 3.8) is 0 Å². The molecule has 1 saturated heterocycles. The Hall–Kier alpha value is -3.74. The summed E-state index contributed by atoms with van der Waals surface area (Å²) in [5, 5.41) is 0. The van der Waals surface area contributed by atoms with Gasteiger partial charge in [-0.2, -0.15) is 0 Å². The fraction of sp³-hybridized carbons (Fsp3) is 0.308. The van der Waals surface area contributed by atoms with E-state index >= 15 is 0 Å². The average molecular weight is 443 g/mol. The van der Waals surface area contributed by atoms with Gasteiger partial charge in [-0.15, -0.1) is 0 Å². The van der Waals surface area contributed by atoms with Crippen LogP contribution in [-0.2, 0) is 14.4 Å². The van der Waals surface area contributed by atoms with Crippen molar-refractivity contribution in [3.05, 3.63) is 72.3 Å². The molecular weight excluding hydrogens is 422 g/mol. The predicted molar refractivity (Wildman–Crippen MR) is 115 cm³/mol. The highest BCUT2D eigenvalue weighted by atomic mass is 16.6. The van der Waals surface area contributed by atoms with Crippen LogP contribution in [0.5, 0.6) is 11.5 Å². The van der Waals surface area contributed by atoms with Crippen LogP contribution < -0.4 is 9.47 Å². The molecule has 0 spiro atoms. The normalized spacial score (nSPS) is 30.6. The summed E-state index contributed by atoms with van der Waals surface area (Å²) in [6, 6.07) is 14.8. The molecule has 7 heteroatoms. The van der Waals surface area contributed by atoms with E-state index in [4.69, 9.17) is 9.47 Å². The molecule has 2 aromatic carbocycles. The van der Waals surface area contributed by atoms with Gasteiger partial charge in [0, 0.05) is 0 Å². The summed E-state index contributed by atoms with van der Waals surface area (Å²) in [7, 11) is 0. The van der Waals surface area contributed by atoms with Gasteiger partial charge < -0.3 is 9.47 Å². The highest BCUT2D eigenvalue weighted by Crippen LogP contribution is 2.65. The van der Waals surface area contributed by atoms with Crippen molar-refractivity contribution in [2.24, 2.45) is 35.5 Å². The Morgan fingerprint density at radius 2 is 1.42 bits per heavy atom. The highest BCUT2D eigenvalue weighted by molar-refractivity contribution is 6.08. The van der Waals surface area contributed by atoms with Crippen molar-refractivity contribution in [2.75, 3.05) is 6.54 Å². The maximum Gasteiger partial charge on any atom is 0.347 e. The average Bonchev–Trinajstić information content (AvgIpc) is 3.61. The van der Waals surface area contributed by atoms with Crippen molar-refractivity contribution >= 4 is 23.8 Å². The van der Waals surface area contributed by atoms with Crippen LogP contribution >= 0.6 is 0 Å². The van der Waals surface area contributed by atoms with Gasteiger partial charge in [-0.05, 0) is 54.4 Å². The minimum Gasteiger partial charge on any atom is -0.424 e. The van der Waals surface area contributed by atoms with Crippen LogP contribution in [0.4, 0.5) is 0 Å². The molecule has 33 heavy (non-hydrogen) atoms. The van der Waals surface area contributed by atoms with E-state index < -0.39 is 18.5 Å². The number of hydrogen-bond donors (Lipinski definition) is 0. The molecule has 7 rings (SSSR count). The zero-order chi connectivity index (χ0) is 22.7. The minimum absolute atomic E-state index is 0.0166. The second-order valence-electron chi connectivity index (χ2n) is 9.09. The Morgan fingerprint density at radius 1 is 0.818 bits per heavy atom. The van der Waals surface area contributed by atoms with E-state index in [0.717, 1.165) is 11.3 Å². The zero-order valence-corrected chi connectivity index (χ0v) is 17.6. The van der Waals surface area contributed by atoms with E-state index in [1.807, 2.05) is 0 Å². The van der Waals surface area contributed by atoms with Crippen LogP contribution in [0.1, 0.15) is 16.8 Å². The molecule has 0 unspecified atom stereocenters. The molecule has 1 aliphatic heterocycles. The molecule has 2 saturated carbocycles. The largest absolute Gasteiger partial charge is 0.424 e. The molecular formula is C26H21NO6. The smallest absolute Gasteiger partial charge is 0.347 e. The number of likely N-dealkylation sites (tertiary alicyclic amines) is 1. The van der Waals surface area contributed by atoms with Crippen molar-refractivity contribution in [1.82, 2.24) is 4.90 Å². The van der Waals surface area contributed by atoms with Gasteiger partial charge in [-0.1, -0.05) is 42.5 Å². The summed E-state index contributed by atoms with van der Waals surface area (Å²) in [6.45, 7) is -0.471. The van der Waals surface area contributed by atoms with E-state index in [1.54, 1.807) is 42.5 Å². The first kappa shape index (κ1) is 19.9. The number of carbonyl (C=O) groups is 4. The first-order valence-corrected chi connectivity index (χ1v) is 11.1. The molecule has 4 aliphatic carbocycles. The topological polar surface area (TPSA) is 90.0 Å². The molecule has 0 N–H and O–H groups in total. The molecule has 5 aliphatic rings. The van der Waals surface area contributed by atoms with Crippen molar-refractivity contribution in [2.45, 2.75) is 6.42 Å². The molecule has 0 aromatic heterocycles. The summed E-state index contributed by atoms with van der Waals surface area (Å²) >= 11 is 0. The third-order valence-electron chi connectivity index (χ3n) is 7.33. The number of rotatable bonds is 5. The van der Waals surface area contributed by atoms with Gasteiger partial charge in [-0.3, -0.25) is 14.5 Å². The van der Waals surface area contributed by atoms with E-state index in [-0.39, 0.29) is 46.8 Å². The maximum atomic E-state index is 13.1. The maximum absolute atomic E-state index is 13.1. The van der Waals surface area contributed by atoms with Crippen LogP contribution in [0.2, 0.25) is 0 Å². The predicted octanol–water partition coefficient (Wildman–Crippen LogP) is 2.86. The number of imide groups is 1. The first-order chi connectivity index (χ1) is 16.0. The van der Waals surface area contributed by atoms with Gasteiger partial charge >= 0.3 is 11.9 Å². The van der Waals surface area contributed by atoms with Gasteiger partial charge in [-0.25, -0.2) is 9.59 Å². The fourth-order valence-corrected chi connectivity index (χ4v) is 5.83. The number of amides is 2. The molecule has 7 nitrogen and oxygen atoms in total. The molecule has 6 atom stereocenters. The molecule has 1 heterocycles. The third-order valence-corrected chi connectivity index (χ3v) is 7.33. The lowest BCUT2D eigenvalue weighted by atomic mass is 9.63. The lowest BCUT2D eigenvalue weighted by Gasteiger charge is -2.37. The highest BCUT2D eigenvalue weighted by Gasteiger charge is 2.67. The number of ether oxygens (including phenoxy) is 2. The second-order valence-corrected chi connectivity index (χ2v) is 9.09. The number of benzene rings is 2. The molecule has 2 aromatic rings. The van der Waals surface area contributed by atoms with Crippen LogP contribution in [0.15, 0.2) is 66.7 Å². The second kappa shape index (κ2) is 7.40. The monoisotopic (exact) mass is 443 g/mol. The number of hydrogen-bond acceptors (Lipinski definition) is 6. The van der Waals surface area contributed by atoms with Gasteiger partial charge in [0.25, 0.3) is 0 Å². The summed E-state index contributed by atoms with van der Waals surface area (Å²) < 4.78 is 10.8. The molecule has 3 fully saturated rings. The summed E-state index contributed by atoms with van der Waals surface area (Å²) in [4.78, 5) is 52.5. The molecule has 166 valence electrons. The third kappa shape index (κ3) is 3.18. The number of nitrogens with zero attached hydrogens (tertiary/aromatic N) is 1. The number of allylic oxidation sites excluding steroid dienone is 2. The zero-order valence-electron chi connectivity index (χ0n) is 17.6.